The summed E-state index contributed by atoms with van der Waals surface area (Å²) in [6.45, 7) is 9.01. The van der Waals surface area contributed by atoms with E-state index in [0.717, 1.165) is 42.7 Å². The lowest BCUT2D eigenvalue weighted by Crippen LogP contribution is -3.10. The number of benzene rings is 1. The van der Waals surface area contributed by atoms with Crippen LogP contribution in [-0.2, 0) is 11.3 Å². The molecule has 0 fully saturated rings. The molecule has 0 aliphatic rings. The lowest BCUT2D eigenvalue weighted by molar-refractivity contribution is -0.912. The zero-order chi connectivity index (χ0) is 17.7. The molecule has 1 unspecified atom stereocenters. The van der Waals surface area contributed by atoms with Crippen molar-refractivity contribution in [1.29, 1.82) is 0 Å². The molecule has 0 spiro atoms. The van der Waals surface area contributed by atoms with Gasteiger partial charge in [0.15, 0.2) is 5.43 Å². The first-order valence-corrected chi connectivity index (χ1v) is 8.59. The molecule has 2 aromatic rings. The van der Waals surface area contributed by atoms with Gasteiger partial charge in [0.2, 0.25) is 0 Å². The van der Waals surface area contributed by atoms with Gasteiger partial charge in [0.1, 0.15) is 6.54 Å². The average molecular weight is 331 g/mol. The molecule has 0 radical (unpaired) electrons. The van der Waals surface area contributed by atoms with Crippen LogP contribution in [0.3, 0.4) is 0 Å². The quantitative estimate of drug-likeness (QED) is 0.761. The van der Waals surface area contributed by atoms with Crippen LogP contribution in [0, 0.1) is 6.92 Å². The Labute approximate surface area is 142 Å². The average Bonchev–Trinajstić information content (AvgIpc) is 2.60. The van der Waals surface area contributed by atoms with Gasteiger partial charge in [-0.1, -0.05) is 13.3 Å². The molecule has 0 saturated heterocycles. The first-order chi connectivity index (χ1) is 11.5. The van der Waals surface area contributed by atoms with Gasteiger partial charge in [0.05, 0.1) is 31.3 Å². The third-order valence-electron chi connectivity index (χ3n) is 4.54. The largest absolute Gasteiger partial charge is 0.465 e. The van der Waals surface area contributed by atoms with Gasteiger partial charge in [-0.25, -0.2) is 4.79 Å². The van der Waals surface area contributed by atoms with Crippen molar-refractivity contribution < 1.29 is 14.4 Å². The number of ether oxygens (including phenoxy) is 1. The number of aromatic amines is 1. The maximum absolute atomic E-state index is 13.0. The predicted octanol–water partition coefficient (Wildman–Crippen LogP) is 1.83. The number of pyridine rings is 1. The van der Waals surface area contributed by atoms with Crippen LogP contribution in [0.1, 0.15) is 48.3 Å². The minimum absolute atomic E-state index is 0.00875. The van der Waals surface area contributed by atoms with Crippen molar-refractivity contribution in [3.63, 3.8) is 0 Å². The monoisotopic (exact) mass is 331 g/mol. The van der Waals surface area contributed by atoms with E-state index in [9.17, 15) is 9.59 Å². The molecule has 0 aliphatic heterocycles. The number of H-pyrrole nitrogens is 1. The van der Waals surface area contributed by atoms with Gasteiger partial charge in [-0.2, -0.15) is 0 Å². The molecule has 5 heteroatoms. The van der Waals surface area contributed by atoms with E-state index in [2.05, 4.69) is 18.8 Å². The Morgan fingerprint density at radius 3 is 2.67 bits per heavy atom. The van der Waals surface area contributed by atoms with Crippen molar-refractivity contribution >= 4 is 16.9 Å². The molecule has 1 aromatic heterocycles. The number of aromatic nitrogens is 1. The van der Waals surface area contributed by atoms with E-state index in [1.165, 1.54) is 12.0 Å². The van der Waals surface area contributed by atoms with Crippen LogP contribution in [-0.4, -0.2) is 31.2 Å². The number of hydrogen-bond donors (Lipinski definition) is 2. The number of carbonyl (C=O) groups excluding carboxylic acids is 1. The molecule has 1 aromatic carbocycles. The first-order valence-electron chi connectivity index (χ1n) is 8.59. The number of methoxy groups -OCH3 is 1. The van der Waals surface area contributed by atoms with Gasteiger partial charge in [-0.3, -0.25) is 4.79 Å². The van der Waals surface area contributed by atoms with Gasteiger partial charge in [0, 0.05) is 16.6 Å². The van der Waals surface area contributed by atoms with Gasteiger partial charge < -0.3 is 14.6 Å². The second-order valence-corrected chi connectivity index (χ2v) is 6.19. The second-order valence-electron chi connectivity index (χ2n) is 6.19. The minimum atomic E-state index is -0.429. The highest BCUT2D eigenvalue weighted by molar-refractivity contribution is 5.94. The molecule has 0 amide bonds. The fourth-order valence-corrected chi connectivity index (χ4v) is 2.98. The molecule has 130 valence electrons. The van der Waals surface area contributed by atoms with Gasteiger partial charge in [0.25, 0.3) is 0 Å². The highest BCUT2D eigenvalue weighted by Gasteiger charge is 2.16. The van der Waals surface area contributed by atoms with Crippen LogP contribution in [0.5, 0.6) is 0 Å². The maximum Gasteiger partial charge on any atom is 0.337 e. The SMILES string of the molecule is CCCC[NH+](CC)Cc1c(C)[nH]c2ccc(C(=O)OC)cc2c1=O. The van der Waals surface area contributed by atoms with Crippen LogP contribution in [0.2, 0.25) is 0 Å². The fraction of sp³-hybridized carbons (Fsp3) is 0.474. The summed E-state index contributed by atoms with van der Waals surface area (Å²) in [7, 11) is 1.34. The van der Waals surface area contributed by atoms with Crippen molar-refractivity contribution in [3.8, 4) is 0 Å². The smallest absolute Gasteiger partial charge is 0.337 e. The number of carbonyl (C=O) groups is 1. The number of unbranched alkanes of at least 4 members (excludes halogenated alkanes) is 1. The van der Waals surface area contributed by atoms with E-state index in [4.69, 9.17) is 4.74 Å². The summed E-state index contributed by atoms with van der Waals surface area (Å²) in [4.78, 5) is 29.4. The summed E-state index contributed by atoms with van der Waals surface area (Å²) in [6.07, 6.45) is 2.30. The maximum atomic E-state index is 13.0. The van der Waals surface area contributed by atoms with Gasteiger partial charge in [-0.15, -0.1) is 0 Å². The Hall–Kier alpha value is -2.14. The van der Waals surface area contributed by atoms with E-state index in [0.29, 0.717) is 17.5 Å². The van der Waals surface area contributed by atoms with Crippen molar-refractivity contribution in [2.75, 3.05) is 20.2 Å². The van der Waals surface area contributed by atoms with Gasteiger partial charge in [-0.05, 0) is 38.5 Å². The zero-order valence-corrected chi connectivity index (χ0v) is 15.0. The summed E-state index contributed by atoms with van der Waals surface area (Å²) in [5, 5.41) is 0.546. The third kappa shape index (κ3) is 3.85. The third-order valence-corrected chi connectivity index (χ3v) is 4.54. The topological polar surface area (TPSA) is 63.6 Å². The van der Waals surface area contributed by atoms with E-state index in [-0.39, 0.29) is 5.43 Å². The van der Waals surface area contributed by atoms with Crippen molar-refractivity contribution in [2.24, 2.45) is 0 Å². The van der Waals surface area contributed by atoms with Crippen LogP contribution < -0.4 is 10.3 Å². The Kier molecular flexibility index (Phi) is 6.15. The van der Waals surface area contributed by atoms with Crippen molar-refractivity contribution in [1.82, 2.24) is 4.98 Å². The highest BCUT2D eigenvalue weighted by atomic mass is 16.5. The minimum Gasteiger partial charge on any atom is -0.465 e. The van der Waals surface area contributed by atoms with Crippen molar-refractivity contribution in [3.05, 3.63) is 45.2 Å². The molecule has 0 saturated carbocycles. The molecule has 24 heavy (non-hydrogen) atoms. The summed E-state index contributed by atoms with van der Waals surface area (Å²) in [5.74, 6) is -0.429. The number of hydrogen-bond acceptors (Lipinski definition) is 3. The summed E-state index contributed by atoms with van der Waals surface area (Å²) < 4.78 is 4.75. The van der Waals surface area contributed by atoms with Gasteiger partial charge >= 0.3 is 5.97 Å². The fourth-order valence-electron chi connectivity index (χ4n) is 2.98. The Morgan fingerprint density at radius 1 is 1.29 bits per heavy atom. The predicted molar refractivity (Wildman–Crippen MR) is 95.6 cm³/mol. The Bertz CT molecular complexity index is 780. The van der Waals surface area contributed by atoms with E-state index >= 15 is 0 Å². The number of nitrogens with one attached hydrogen (secondary N) is 2. The summed E-state index contributed by atoms with van der Waals surface area (Å²) >= 11 is 0. The number of fused-ring (bicyclic) bond motifs is 1. The molecular weight excluding hydrogens is 304 g/mol. The molecule has 2 rings (SSSR count). The van der Waals surface area contributed by atoms with E-state index in [1.807, 2.05) is 6.92 Å². The van der Waals surface area contributed by atoms with Crippen LogP contribution in [0.15, 0.2) is 23.0 Å². The summed E-state index contributed by atoms with van der Waals surface area (Å²) in [6, 6.07) is 5.07. The Balaban J connectivity index is 2.46. The van der Waals surface area contributed by atoms with E-state index < -0.39 is 5.97 Å². The number of esters is 1. The zero-order valence-electron chi connectivity index (χ0n) is 15.0. The lowest BCUT2D eigenvalue weighted by atomic mass is 10.1. The molecule has 1 atom stereocenters. The second kappa shape index (κ2) is 8.11. The van der Waals surface area contributed by atoms with Crippen LogP contribution in [0.4, 0.5) is 0 Å². The molecule has 0 aliphatic carbocycles. The van der Waals surface area contributed by atoms with Crippen LogP contribution >= 0.6 is 0 Å². The normalized spacial score (nSPS) is 12.3. The number of aryl methyl sites for hydroxylation is 1. The van der Waals surface area contributed by atoms with E-state index in [1.54, 1.807) is 18.2 Å². The number of rotatable bonds is 7. The molecule has 5 nitrogen and oxygen atoms in total. The molecule has 0 bridgehead atoms. The number of quaternary nitrogens is 1. The van der Waals surface area contributed by atoms with Crippen LogP contribution in [0.25, 0.3) is 10.9 Å². The highest BCUT2D eigenvalue weighted by Crippen LogP contribution is 2.14. The molecular formula is C19H27N2O3+. The standard InChI is InChI=1S/C19H26N2O3/c1-5-7-10-21(6-2)12-16-13(3)20-17-9-8-14(19(23)24-4)11-15(17)18(16)22/h8-9,11H,5-7,10,12H2,1-4H3,(H,20,22)/p+1. The van der Waals surface area contributed by atoms with Crippen molar-refractivity contribution in [2.45, 2.75) is 40.2 Å². The lowest BCUT2D eigenvalue weighted by Gasteiger charge is -2.18. The first kappa shape index (κ1) is 18.2. The summed E-state index contributed by atoms with van der Waals surface area (Å²) in [5.41, 5.74) is 2.86. The molecule has 1 heterocycles. The molecule has 2 N–H and O–H groups in total. The Morgan fingerprint density at radius 2 is 2.04 bits per heavy atom.